The molecule has 0 aromatic carbocycles. The van der Waals surface area contributed by atoms with Crippen molar-refractivity contribution in [2.45, 2.75) is 32.4 Å². The average Bonchev–Trinajstić information content (AvgIpc) is 3.29. The fourth-order valence-corrected chi connectivity index (χ4v) is 3.05. The summed E-state index contributed by atoms with van der Waals surface area (Å²) in [5.74, 6) is 1.17. The van der Waals surface area contributed by atoms with Crippen molar-refractivity contribution in [1.29, 1.82) is 0 Å². The molecule has 1 amide bonds. The molecular weight excluding hydrogens is 326 g/mol. The second kappa shape index (κ2) is 7.47. The number of aryl methyl sites for hydroxylation is 1. The van der Waals surface area contributed by atoms with Gasteiger partial charge < -0.3 is 19.8 Å². The number of amides is 1. The molecule has 3 rings (SSSR count). The maximum Gasteiger partial charge on any atom is 0.389 e. The zero-order valence-corrected chi connectivity index (χ0v) is 14.1. The third-order valence-electron chi connectivity index (χ3n) is 4.28. The van der Waals surface area contributed by atoms with Crippen LogP contribution in [-0.2, 0) is 11.3 Å². The summed E-state index contributed by atoms with van der Waals surface area (Å²) < 4.78 is 7.01. The first kappa shape index (κ1) is 17.2. The minimum Gasteiger partial charge on any atom is -0.465 e. The molecule has 1 atom stereocenters. The highest BCUT2D eigenvalue weighted by Crippen LogP contribution is 2.26. The van der Waals surface area contributed by atoms with E-state index in [1.165, 1.54) is 16.9 Å². The summed E-state index contributed by atoms with van der Waals surface area (Å²) in [5, 5.41) is 17.3. The molecule has 1 unspecified atom stereocenters. The highest BCUT2D eigenvalue weighted by molar-refractivity contribution is 5.75. The van der Waals surface area contributed by atoms with E-state index in [4.69, 9.17) is 4.42 Å². The Balaban J connectivity index is 1.59. The van der Waals surface area contributed by atoms with Gasteiger partial charge in [-0.15, -0.1) is 0 Å². The number of hydrogen-bond donors (Lipinski definition) is 1. The van der Waals surface area contributed by atoms with Crippen LogP contribution >= 0.6 is 0 Å². The Morgan fingerprint density at radius 1 is 1.40 bits per heavy atom. The summed E-state index contributed by atoms with van der Waals surface area (Å²) in [6, 6.07) is 5.13. The Morgan fingerprint density at radius 3 is 2.76 bits per heavy atom. The van der Waals surface area contributed by atoms with Crippen molar-refractivity contribution in [2.24, 2.45) is 0 Å². The molecule has 25 heavy (non-hydrogen) atoms. The second-order valence-corrected chi connectivity index (χ2v) is 6.14. The van der Waals surface area contributed by atoms with Crippen LogP contribution in [0.5, 0.6) is 0 Å². The molecule has 0 bridgehead atoms. The van der Waals surface area contributed by atoms with Gasteiger partial charge in [0.05, 0.1) is 23.4 Å². The number of furan rings is 1. The van der Waals surface area contributed by atoms with Crippen LogP contribution in [0.25, 0.3) is 0 Å². The molecule has 0 spiro atoms. The highest BCUT2D eigenvalue weighted by atomic mass is 16.6. The highest BCUT2D eigenvalue weighted by Gasteiger charge is 2.26. The lowest BCUT2D eigenvalue weighted by atomic mass is 10.2. The standard InChI is InChI=1S/C16H21N5O4/c1-12-4-5-14(25-12)13(19-7-2-3-8-19)10-17-16(22)11-20-9-6-15(18-20)21(23)24/h4-6,9,13H,2-3,7-8,10-11H2,1H3,(H,17,22). The smallest absolute Gasteiger partial charge is 0.389 e. The fraction of sp³-hybridized carbons (Fsp3) is 0.500. The Kier molecular flexibility index (Phi) is 5.13. The van der Waals surface area contributed by atoms with Crippen LogP contribution in [0.1, 0.15) is 30.4 Å². The summed E-state index contributed by atoms with van der Waals surface area (Å²) in [6.07, 6.45) is 3.70. The second-order valence-electron chi connectivity index (χ2n) is 6.14. The number of nitrogens with one attached hydrogen (secondary N) is 1. The molecular formula is C16H21N5O4. The predicted octanol–water partition coefficient (Wildman–Crippen LogP) is 1.65. The number of nitrogens with zero attached hydrogens (tertiary/aromatic N) is 4. The molecule has 1 saturated heterocycles. The molecule has 1 fully saturated rings. The van der Waals surface area contributed by atoms with Crippen molar-refractivity contribution < 1.29 is 14.1 Å². The number of carbonyl (C=O) groups excluding carboxylic acids is 1. The third-order valence-corrected chi connectivity index (χ3v) is 4.28. The largest absolute Gasteiger partial charge is 0.465 e. The van der Waals surface area contributed by atoms with Crippen LogP contribution < -0.4 is 5.32 Å². The van der Waals surface area contributed by atoms with Gasteiger partial charge in [0.25, 0.3) is 0 Å². The van der Waals surface area contributed by atoms with E-state index in [1.54, 1.807) is 0 Å². The van der Waals surface area contributed by atoms with Crippen molar-refractivity contribution in [1.82, 2.24) is 20.0 Å². The Bertz CT molecular complexity index is 747. The molecule has 134 valence electrons. The van der Waals surface area contributed by atoms with Gasteiger partial charge >= 0.3 is 5.82 Å². The number of nitro groups is 1. The molecule has 3 heterocycles. The summed E-state index contributed by atoms with van der Waals surface area (Å²) in [4.78, 5) is 24.5. The summed E-state index contributed by atoms with van der Waals surface area (Å²) in [5.41, 5.74) is 0. The van der Waals surface area contributed by atoms with Gasteiger partial charge in [-0.25, -0.2) is 0 Å². The number of aromatic nitrogens is 2. The topological polar surface area (TPSA) is 106 Å². The van der Waals surface area contributed by atoms with E-state index in [2.05, 4.69) is 15.3 Å². The first-order valence-electron chi connectivity index (χ1n) is 8.28. The number of rotatable bonds is 7. The van der Waals surface area contributed by atoms with Gasteiger partial charge in [0.15, 0.2) is 0 Å². The maximum absolute atomic E-state index is 12.2. The Morgan fingerprint density at radius 2 is 2.16 bits per heavy atom. The first-order chi connectivity index (χ1) is 12.0. The van der Waals surface area contributed by atoms with Crippen LogP contribution in [0, 0.1) is 17.0 Å². The molecule has 0 saturated carbocycles. The molecule has 0 aliphatic carbocycles. The summed E-state index contributed by atoms with van der Waals surface area (Å²) >= 11 is 0. The van der Waals surface area contributed by atoms with E-state index in [-0.39, 0.29) is 24.3 Å². The lowest BCUT2D eigenvalue weighted by Gasteiger charge is -2.26. The van der Waals surface area contributed by atoms with Crippen LogP contribution in [-0.4, -0.2) is 45.1 Å². The van der Waals surface area contributed by atoms with Gasteiger partial charge in [0.1, 0.15) is 18.1 Å². The van der Waals surface area contributed by atoms with Gasteiger partial charge in [-0.05, 0) is 49.9 Å². The van der Waals surface area contributed by atoms with Gasteiger partial charge in [-0.2, -0.15) is 4.68 Å². The maximum atomic E-state index is 12.2. The van der Waals surface area contributed by atoms with Gasteiger partial charge in [-0.1, -0.05) is 0 Å². The van der Waals surface area contributed by atoms with E-state index in [1.807, 2.05) is 19.1 Å². The predicted molar refractivity (Wildman–Crippen MR) is 88.9 cm³/mol. The molecule has 2 aromatic rings. The molecule has 0 radical (unpaired) electrons. The van der Waals surface area contributed by atoms with Gasteiger partial charge in [0.2, 0.25) is 5.91 Å². The zero-order valence-electron chi connectivity index (χ0n) is 14.1. The van der Waals surface area contributed by atoms with E-state index in [0.29, 0.717) is 6.54 Å². The molecule has 2 aromatic heterocycles. The lowest BCUT2D eigenvalue weighted by molar-refractivity contribution is -0.389. The van der Waals surface area contributed by atoms with E-state index in [9.17, 15) is 14.9 Å². The number of carbonyl (C=O) groups is 1. The number of hydrogen-bond acceptors (Lipinski definition) is 6. The minimum absolute atomic E-state index is 0.00731. The van der Waals surface area contributed by atoms with E-state index < -0.39 is 4.92 Å². The number of likely N-dealkylation sites (tertiary alicyclic amines) is 1. The van der Waals surface area contributed by atoms with Crippen molar-refractivity contribution in [3.05, 3.63) is 46.0 Å². The molecule has 1 aliphatic heterocycles. The zero-order chi connectivity index (χ0) is 17.8. The molecule has 1 aliphatic rings. The van der Waals surface area contributed by atoms with Crippen LogP contribution in [0.3, 0.4) is 0 Å². The molecule has 9 nitrogen and oxygen atoms in total. The van der Waals surface area contributed by atoms with Crippen molar-refractivity contribution in [3.63, 3.8) is 0 Å². The molecule has 9 heteroatoms. The van der Waals surface area contributed by atoms with E-state index >= 15 is 0 Å². The quantitative estimate of drug-likeness (QED) is 0.603. The lowest BCUT2D eigenvalue weighted by Crippen LogP contribution is -2.38. The summed E-state index contributed by atoms with van der Waals surface area (Å²) in [6.45, 7) is 4.22. The monoisotopic (exact) mass is 347 g/mol. The minimum atomic E-state index is -0.586. The Labute approximate surface area is 144 Å². The summed E-state index contributed by atoms with van der Waals surface area (Å²) in [7, 11) is 0. The van der Waals surface area contributed by atoms with E-state index in [0.717, 1.165) is 37.5 Å². The molecule has 1 N–H and O–H groups in total. The van der Waals surface area contributed by atoms with Crippen molar-refractivity contribution >= 4 is 11.7 Å². The average molecular weight is 347 g/mol. The van der Waals surface area contributed by atoms with Crippen molar-refractivity contribution in [3.8, 4) is 0 Å². The fourth-order valence-electron chi connectivity index (χ4n) is 3.05. The first-order valence-corrected chi connectivity index (χ1v) is 8.28. The third kappa shape index (κ3) is 4.24. The van der Waals surface area contributed by atoms with Crippen LogP contribution in [0.2, 0.25) is 0 Å². The van der Waals surface area contributed by atoms with Crippen molar-refractivity contribution in [2.75, 3.05) is 19.6 Å². The van der Waals surface area contributed by atoms with Gasteiger partial charge in [0, 0.05) is 6.54 Å². The van der Waals surface area contributed by atoms with Crippen LogP contribution in [0.15, 0.2) is 28.8 Å². The SMILES string of the molecule is Cc1ccc(C(CNC(=O)Cn2ccc([N+](=O)[O-])n2)N2CCCC2)o1. The Hall–Kier alpha value is -2.68. The van der Waals surface area contributed by atoms with Gasteiger partial charge in [-0.3, -0.25) is 9.69 Å². The normalized spacial score (nSPS) is 16.0. The van der Waals surface area contributed by atoms with Crippen LogP contribution in [0.4, 0.5) is 5.82 Å².